The van der Waals surface area contributed by atoms with Crippen molar-refractivity contribution in [2.24, 2.45) is 0 Å². The van der Waals surface area contributed by atoms with Gasteiger partial charge in [0.1, 0.15) is 0 Å². The molecular weight excluding hydrogens is 326 g/mol. The van der Waals surface area contributed by atoms with Crippen LogP contribution in [0.1, 0.15) is 44.1 Å². The average molecular weight is 349 g/mol. The molecule has 0 atom stereocenters. The molecule has 4 rings (SSSR count). The van der Waals surface area contributed by atoms with Crippen LogP contribution in [0, 0.1) is 0 Å². The molecular formula is C17H23N3O3S. The minimum Gasteiger partial charge on any atom is -0.333 e. The third-order valence-corrected chi connectivity index (χ3v) is 8.10. The molecule has 0 bridgehead atoms. The second-order valence-corrected chi connectivity index (χ2v) is 9.42. The molecule has 1 aromatic rings. The van der Waals surface area contributed by atoms with Crippen molar-refractivity contribution in [3.8, 4) is 0 Å². The Morgan fingerprint density at radius 1 is 1.21 bits per heavy atom. The van der Waals surface area contributed by atoms with Gasteiger partial charge in [-0.2, -0.15) is 0 Å². The van der Waals surface area contributed by atoms with Crippen molar-refractivity contribution in [3.63, 3.8) is 0 Å². The number of carbonyl (C=O) groups excluding carboxylic acids is 1. The van der Waals surface area contributed by atoms with Gasteiger partial charge in [0.2, 0.25) is 15.9 Å². The van der Waals surface area contributed by atoms with E-state index in [2.05, 4.69) is 4.98 Å². The fraction of sp³-hybridized carbons (Fsp3) is 0.647. The van der Waals surface area contributed by atoms with E-state index in [4.69, 9.17) is 0 Å². The third-order valence-electron chi connectivity index (χ3n) is 5.70. The van der Waals surface area contributed by atoms with Crippen LogP contribution in [0.15, 0.2) is 24.5 Å². The maximum atomic E-state index is 12.4. The normalized spacial score (nSPS) is 24.7. The predicted octanol–water partition coefficient (Wildman–Crippen LogP) is 1.53. The van der Waals surface area contributed by atoms with Gasteiger partial charge in [0.15, 0.2) is 0 Å². The van der Waals surface area contributed by atoms with Crippen LogP contribution < -0.4 is 0 Å². The van der Waals surface area contributed by atoms with Crippen LogP contribution in [0.25, 0.3) is 0 Å². The van der Waals surface area contributed by atoms with E-state index in [1.807, 2.05) is 17.0 Å². The van der Waals surface area contributed by atoms with E-state index in [0.717, 1.165) is 37.7 Å². The molecule has 0 N–H and O–H groups in total. The molecule has 0 aromatic carbocycles. The summed E-state index contributed by atoms with van der Waals surface area (Å²) >= 11 is 0. The molecule has 3 fully saturated rings. The van der Waals surface area contributed by atoms with Gasteiger partial charge in [-0.3, -0.25) is 9.78 Å². The van der Waals surface area contributed by atoms with Crippen molar-refractivity contribution in [2.75, 3.05) is 13.1 Å². The number of aromatic nitrogens is 1. The van der Waals surface area contributed by atoms with Crippen LogP contribution in [0.3, 0.4) is 0 Å². The first-order valence-electron chi connectivity index (χ1n) is 8.70. The van der Waals surface area contributed by atoms with Crippen LogP contribution in [-0.2, 0) is 21.4 Å². The van der Waals surface area contributed by atoms with Crippen LogP contribution in [-0.4, -0.2) is 52.4 Å². The summed E-state index contributed by atoms with van der Waals surface area (Å²) in [5.74, 6) is 0.178. The summed E-state index contributed by atoms with van der Waals surface area (Å²) in [6, 6.07) is 3.87. The van der Waals surface area contributed by atoms with Crippen molar-refractivity contribution in [1.82, 2.24) is 14.2 Å². The van der Waals surface area contributed by atoms with Gasteiger partial charge < -0.3 is 4.90 Å². The molecule has 3 aliphatic rings. The predicted molar refractivity (Wildman–Crippen MR) is 89.5 cm³/mol. The van der Waals surface area contributed by atoms with E-state index in [1.165, 1.54) is 0 Å². The van der Waals surface area contributed by atoms with Crippen molar-refractivity contribution in [1.29, 1.82) is 0 Å². The first kappa shape index (κ1) is 16.0. The van der Waals surface area contributed by atoms with Gasteiger partial charge in [-0.25, -0.2) is 12.7 Å². The average Bonchev–Trinajstić information content (AvgIpc) is 3.41. The largest absolute Gasteiger partial charge is 0.333 e. The number of nitrogens with zero attached hydrogens (tertiary/aromatic N) is 3. The molecule has 1 saturated carbocycles. The van der Waals surface area contributed by atoms with Crippen LogP contribution in [0.2, 0.25) is 0 Å². The van der Waals surface area contributed by atoms with E-state index in [9.17, 15) is 13.2 Å². The highest BCUT2D eigenvalue weighted by Crippen LogP contribution is 2.42. The molecule has 2 saturated heterocycles. The number of hydrogen-bond donors (Lipinski definition) is 0. The van der Waals surface area contributed by atoms with Crippen molar-refractivity contribution >= 4 is 15.9 Å². The van der Waals surface area contributed by atoms with Gasteiger partial charge in [-0.15, -0.1) is 0 Å². The lowest BCUT2D eigenvalue weighted by atomic mass is 9.85. The number of likely N-dealkylation sites (tertiary alicyclic amines) is 1. The summed E-state index contributed by atoms with van der Waals surface area (Å²) in [6.45, 7) is 1.65. The summed E-state index contributed by atoms with van der Waals surface area (Å²) < 4.78 is 26.5. The summed E-state index contributed by atoms with van der Waals surface area (Å²) in [4.78, 5) is 18.5. The summed E-state index contributed by atoms with van der Waals surface area (Å²) in [6.07, 6.45) is 8.01. The molecule has 6 nitrogen and oxygen atoms in total. The Hall–Kier alpha value is -1.47. The molecule has 1 spiro atoms. The number of carbonyl (C=O) groups is 1. The fourth-order valence-electron chi connectivity index (χ4n) is 4.06. The quantitative estimate of drug-likeness (QED) is 0.826. The second-order valence-electron chi connectivity index (χ2n) is 7.21. The Morgan fingerprint density at radius 3 is 2.58 bits per heavy atom. The highest BCUT2D eigenvalue weighted by atomic mass is 32.2. The van der Waals surface area contributed by atoms with Crippen molar-refractivity contribution in [2.45, 2.75) is 55.9 Å². The minimum absolute atomic E-state index is 0.150. The third kappa shape index (κ3) is 2.73. The number of rotatable bonds is 4. The zero-order valence-electron chi connectivity index (χ0n) is 13.7. The van der Waals surface area contributed by atoms with Gasteiger partial charge in [-0.1, -0.05) is 6.07 Å². The maximum absolute atomic E-state index is 12.4. The number of hydrogen-bond acceptors (Lipinski definition) is 4. The molecule has 24 heavy (non-hydrogen) atoms. The zero-order chi connectivity index (χ0) is 16.8. The molecule has 1 aliphatic carbocycles. The van der Waals surface area contributed by atoms with E-state index in [0.29, 0.717) is 26.1 Å². The molecule has 3 heterocycles. The highest BCUT2D eigenvalue weighted by molar-refractivity contribution is 7.90. The number of pyridine rings is 1. The standard InChI is InChI=1S/C17H23N3O3S/c21-16-5-6-17(20(16)13-14-2-1-9-18-12-14)7-10-19(11-8-17)24(22,23)15-3-4-15/h1-2,9,12,15H,3-8,10-11,13H2. The van der Waals surface area contributed by atoms with Gasteiger partial charge in [0, 0.05) is 44.0 Å². The van der Waals surface area contributed by atoms with Crippen LogP contribution in [0.5, 0.6) is 0 Å². The molecule has 1 amide bonds. The van der Waals surface area contributed by atoms with E-state index < -0.39 is 10.0 Å². The lowest BCUT2D eigenvalue weighted by Crippen LogP contribution is -2.54. The van der Waals surface area contributed by atoms with E-state index in [-0.39, 0.29) is 16.7 Å². The highest BCUT2D eigenvalue weighted by Gasteiger charge is 2.49. The Morgan fingerprint density at radius 2 is 1.96 bits per heavy atom. The maximum Gasteiger partial charge on any atom is 0.223 e. The van der Waals surface area contributed by atoms with Gasteiger partial charge in [0.05, 0.1) is 5.25 Å². The van der Waals surface area contributed by atoms with Crippen LogP contribution >= 0.6 is 0 Å². The Kier molecular flexibility index (Phi) is 3.88. The van der Waals surface area contributed by atoms with Gasteiger partial charge >= 0.3 is 0 Å². The van der Waals surface area contributed by atoms with Crippen molar-refractivity contribution < 1.29 is 13.2 Å². The number of amides is 1. The zero-order valence-corrected chi connectivity index (χ0v) is 14.5. The number of sulfonamides is 1. The molecule has 1 aromatic heterocycles. The monoisotopic (exact) mass is 349 g/mol. The fourth-order valence-corrected chi connectivity index (χ4v) is 5.90. The van der Waals surface area contributed by atoms with Crippen LogP contribution in [0.4, 0.5) is 0 Å². The molecule has 130 valence electrons. The SMILES string of the molecule is O=C1CCC2(CCN(S(=O)(=O)C3CC3)CC2)N1Cc1cccnc1. The summed E-state index contributed by atoms with van der Waals surface area (Å²) in [7, 11) is -3.11. The summed E-state index contributed by atoms with van der Waals surface area (Å²) in [5, 5.41) is -0.150. The Balaban J connectivity index is 1.49. The van der Waals surface area contributed by atoms with Gasteiger partial charge in [-0.05, 0) is 43.7 Å². The Bertz CT molecular complexity index is 723. The van der Waals surface area contributed by atoms with E-state index >= 15 is 0 Å². The molecule has 0 radical (unpaired) electrons. The first-order chi connectivity index (χ1) is 11.5. The topological polar surface area (TPSA) is 70.6 Å². The summed E-state index contributed by atoms with van der Waals surface area (Å²) in [5.41, 5.74) is 0.850. The molecule has 0 unspecified atom stereocenters. The van der Waals surface area contributed by atoms with Gasteiger partial charge in [0.25, 0.3) is 0 Å². The molecule has 7 heteroatoms. The molecule has 2 aliphatic heterocycles. The second kappa shape index (κ2) is 5.81. The van der Waals surface area contributed by atoms with Crippen molar-refractivity contribution in [3.05, 3.63) is 30.1 Å². The number of piperidine rings is 1. The Labute approximate surface area is 142 Å². The lowest BCUT2D eigenvalue weighted by Gasteiger charge is -2.44. The first-order valence-corrected chi connectivity index (χ1v) is 10.2. The minimum atomic E-state index is -3.11. The van der Waals surface area contributed by atoms with E-state index in [1.54, 1.807) is 16.7 Å². The lowest BCUT2D eigenvalue weighted by molar-refractivity contribution is -0.133. The smallest absolute Gasteiger partial charge is 0.223 e.